The van der Waals surface area contributed by atoms with E-state index < -0.39 is 11.6 Å². The first-order valence-corrected chi connectivity index (χ1v) is 6.37. The molecule has 0 aliphatic rings. The molecule has 2 nitrogen and oxygen atoms in total. The number of anilines is 1. The Labute approximate surface area is 117 Å². The van der Waals surface area contributed by atoms with Gasteiger partial charge in [-0.1, -0.05) is 6.07 Å². The minimum atomic E-state index is -0.579. The van der Waals surface area contributed by atoms with Crippen molar-refractivity contribution >= 4 is 5.69 Å². The number of nitrogens with one attached hydrogen (secondary N) is 1. The van der Waals surface area contributed by atoms with Crippen LogP contribution in [0.5, 0.6) is 5.75 Å². The fourth-order valence-electron chi connectivity index (χ4n) is 2.06. The van der Waals surface area contributed by atoms with Crippen LogP contribution in [0.25, 0.3) is 0 Å². The summed E-state index contributed by atoms with van der Waals surface area (Å²) in [5.41, 5.74) is 2.41. The lowest BCUT2D eigenvalue weighted by atomic mass is 10.1. The van der Waals surface area contributed by atoms with E-state index in [1.165, 1.54) is 12.1 Å². The molecule has 0 aliphatic carbocycles. The van der Waals surface area contributed by atoms with Gasteiger partial charge in [0.25, 0.3) is 0 Å². The first-order valence-electron chi connectivity index (χ1n) is 6.37. The molecule has 2 aromatic rings. The van der Waals surface area contributed by atoms with Crippen LogP contribution < -0.4 is 10.1 Å². The van der Waals surface area contributed by atoms with Gasteiger partial charge >= 0.3 is 0 Å². The Hall–Kier alpha value is -2.10. The van der Waals surface area contributed by atoms with E-state index >= 15 is 0 Å². The molecule has 0 heterocycles. The minimum Gasteiger partial charge on any atom is -0.495 e. The molecule has 0 aromatic heterocycles. The number of halogens is 2. The third-order valence-corrected chi connectivity index (χ3v) is 3.11. The van der Waals surface area contributed by atoms with E-state index in [2.05, 4.69) is 5.32 Å². The molecule has 2 rings (SSSR count). The molecule has 2 aromatic carbocycles. The van der Waals surface area contributed by atoms with Gasteiger partial charge in [-0.25, -0.2) is 8.78 Å². The van der Waals surface area contributed by atoms with Crippen molar-refractivity contribution in [1.29, 1.82) is 0 Å². The van der Waals surface area contributed by atoms with E-state index in [0.29, 0.717) is 11.3 Å². The maximum absolute atomic E-state index is 13.2. The summed E-state index contributed by atoms with van der Waals surface area (Å²) < 4.78 is 31.8. The van der Waals surface area contributed by atoms with Crippen molar-refractivity contribution in [3.63, 3.8) is 0 Å². The summed E-state index contributed by atoms with van der Waals surface area (Å²) >= 11 is 0. The van der Waals surface area contributed by atoms with Gasteiger partial charge < -0.3 is 10.1 Å². The lowest BCUT2D eigenvalue weighted by Crippen LogP contribution is -2.08. The van der Waals surface area contributed by atoms with Crippen LogP contribution in [0.15, 0.2) is 36.4 Å². The Morgan fingerprint density at radius 3 is 2.30 bits per heavy atom. The smallest absolute Gasteiger partial charge is 0.142 e. The molecule has 0 saturated carbocycles. The molecular weight excluding hydrogens is 260 g/mol. The highest BCUT2D eigenvalue weighted by molar-refractivity contribution is 5.58. The van der Waals surface area contributed by atoms with Crippen molar-refractivity contribution in [3.05, 3.63) is 59.2 Å². The zero-order chi connectivity index (χ0) is 14.7. The van der Waals surface area contributed by atoms with Crippen LogP contribution in [-0.4, -0.2) is 7.11 Å². The number of hydrogen-bond donors (Lipinski definition) is 1. The molecule has 1 unspecified atom stereocenters. The van der Waals surface area contributed by atoms with Crippen LogP contribution >= 0.6 is 0 Å². The normalized spacial score (nSPS) is 12.1. The van der Waals surface area contributed by atoms with Crippen LogP contribution in [0.2, 0.25) is 0 Å². The summed E-state index contributed by atoms with van der Waals surface area (Å²) in [6, 6.07) is 9.01. The van der Waals surface area contributed by atoms with Crippen LogP contribution in [0.3, 0.4) is 0 Å². The molecule has 0 aliphatic heterocycles. The summed E-state index contributed by atoms with van der Waals surface area (Å²) in [5, 5.41) is 3.20. The standard InChI is InChI=1S/C16H17F2NO/c1-10-4-5-15(16(6-10)20-3)19-11(2)12-7-13(17)9-14(18)8-12/h4-9,11,19H,1-3H3. The minimum absolute atomic E-state index is 0.239. The Balaban J connectivity index is 2.25. The second-order valence-corrected chi connectivity index (χ2v) is 4.77. The van der Waals surface area contributed by atoms with Gasteiger partial charge in [-0.15, -0.1) is 0 Å². The zero-order valence-electron chi connectivity index (χ0n) is 11.7. The molecule has 0 saturated heterocycles. The molecule has 106 valence electrons. The van der Waals surface area contributed by atoms with Gasteiger partial charge in [-0.2, -0.15) is 0 Å². The van der Waals surface area contributed by atoms with Gasteiger partial charge in [-0.05, 0) is 49.2 Å². The molecule has 0 amide bonds. The molecule has 0 fully saturated rings. The molecule has 4 heteroatoms. The van der Waals surface area contributed by atoms with Gasteiger partial charge in [0.05, 0.1) is 12.8 Å². The molecule has 0 bridgehead atoms. The van der Waals surface area contributed by atoms with Gasteiger partial charge in [0.2, 0.25) is 0 Å². The van der Waals surface area contributed by atoms with E-state index in [4.69, 9.17) is 4.74 Å². The maximum atomic E-state index is 13.2. The number of ether oxygens (including phenoxy) is 1. The molecule has 1 N–H and O–H groups in total. The van der Waals surface area contributed by atoms with Gasteiger partial charge in [0, 0.05) is 12.1 Å². The van der Waals surface area contributed by atoms with Gasteiger partial charge in [0.1, 0.15) is 17.4 Å². The van der Waals surface area contributed by atoms with Gasteiger partial charge in [-0.3, -0.25) is 0 Å². The monoisotopic (exact) mass is 277 g/mol. The molecule has 1 atom stereocenters. The van der Waals surface area contributed by atoms with Crippen LogP contribution in [0, 0.1) is 18.6 Å². The van der Waals surface area contributed by atoms with Crippen molar-refractivity contribution in [2.75, 3.05) is 12.4 Å². The second-order valence-electron chi connectivity index (χ2n) is 4.77. The number of rotatable bonds is 4. The SMILES string of the molecule is COc1cc(C)ccc1NC(C)c1cc(F)cc(F)c1. The van der Waals surface area contributed by atoms with Crippen molar-refractivity contribution in [2.24, 2.45) is 0 Å². The highest BCUT2D eigenvalue weighted by atomic mass is 19.1. The van der Waals surface area contributed by atoms with Crippen LogP contribution in [0.1, 0.15) is 24.1 Å². The number of hydrogen-bond acceptors (Lipinski definition) is 2. The highest BCUT2D eigenvalue weighted by Gasteiger charge is 2.11. The fourth-order valence-corrected chi connectivity index (χ4v) is 2.06. The maximum Gasteiger partial charge on any atom is 0.142 e. The Bertz CT molecular complexity index is 593. The summed E-state index contributed by atoms with van der Waals surface area (Å²) in [6.45, 7) is 3.81. The number of aryl methyl sites for hydroxylation is 1. The predicted octanol–water partition coefficient (Wildman–Crippen LogP) is 4.45. The summed E-state index contributed by atoms with van der Waals surface area (Å²) in [4.78, 5) is 0. The summed E-state index contributed by atoms with van der Waals surface area (Å²) in [6.07, 6.45) is 0. The third-order valence-electron chi connectivity index (χ3n) is 3.11. The second kappa shape index (κ2) is 5.90. The van der Waals surface area contributed by atoms with Crippen molar-refractivity contribution in [2.45, 2.75) is 19.9 Å². The highest BCUT2D eigenvalue weighted by Crippen LogP contribution is 2.29. The molecule has 0 radical (unpaired) electrons. The summed E-state index contributed by atoms with van der Waals surface area (Å²) in [7, 11) is 1.59. The van der Waals surface area contributed by atoms with Crippen LogP contribution in [-0.2, 0) is 0 Å². The lowest BCUT2D eigenvalue weighted by Gasteiger charge is -2.18. The Kier molecular flexibility index (Phi) is 4.23. The van der Waals surface area contributed by atoms with Crippen LogP contribution in [0.4, 0.5) is 14.5 Å². The first kappa shape index (κ1) is 14.3. The average molecular weight is 277 g/mol. The summed E-state index contributed by atoms with van der Waals surface area (Å²) in [5.74, 6) is -0.456. The van der Waals surface area contributed by atoms with E-state index in [1.54, 1.807) is 7.11 Å². The topological polar surface area (TPSA) is 21.3 Å². The van der Waals surface area contributed by atoms with E-state index in [0.717, 1.165) is 17.3 Å². The van der Waals surface area contributed by atoms with E-state index in [-0.39, 0.29) is 6.04 Å². The predicted molar refractivity (Wildman–Crippen MR) is 76.1 cm³/mol. The van der Waals surface area contributed by atoms with Crippen molar-refractivity contribution in [1.82, 2.24) is 0 Å². The van der Waals surface area contributed by atoms with Crippen molar-refractivity contribution in [3.8, 4) is 5.75 Å². The molecule has 0 spiro atoms. The molecule has 20 heavy (non-hydrogen) atoms. The third kappa shape index (κ3) is 3.26. The number of benzene rings is 2. The van der Waals surface area contributed by atoms with Gasteiger partial charge in [0.15, 0.2) is 0 Å². The zero-order valence-corrected chi connectivity index (χ0v) is 11.7. The van der Waals surface area contributed by atoms with E-state index in [1.807, 2.05) is 32.0 Å². The van der Waals surface area contributed by atoms with Crippen molar-refractivity contribution < 1.29 is 13.5 Å². The molecular formula is C16H17F2NO. The average Bonchev–Trinajstić information content (AvgIpc) is 2.39. The Morgan fingerprint density at radius 1 is 1.05 bits per heavy atom. The lowest BCUT2D eigenvalue weighted by molar-refractivity contribution is 0.415. The number of methoxy groups -OCH3 is 1. The largest absolute Gasteiger partial charge is 0.495 e. The first-order chi connectivity index (χ1) is 9.49. The van der Waals surface area contributed by atoms with E-state index in [9.17, 15) is 8.78 Å². The Morgan fingerprint density at radius 2 is 1.70 bits per heavy atom. The fraction of sp³-hybridized carbons (Fsp3) is 0.250. The quantitative estimate of drug-likeness (QED) is 0.891.